The number of ether oxygens (including phenoxy) is 2. The van der Waals surface area contributed by atoms with E-state index in [9.17, 15) is 4.57 Å². The van der Waals surface area contributed by atoms with E-state index in [1.165, 1.54) is 0 Å². The predicted molar refractivity (Wildman–Crippen MR) is 104 cm³/mol. The Labute approximate surface area is 148 Å². The van der Waals surface area contributed by atoms with Gasteiger partial charge in [0.25, 0.3) is 0 Å². The lowest BCUT2D eigenvalue weighted by Crippen LogP contribution is -2.25. The monoisotopic (exact) mass is 352 g/mol. The zero-order chi connectivity index (χ0) is 17.9. The van der Waals surface area contributed by atoms with Crippen molar-refractivity contribution in [3.05, 3.63) is 78.4 Å². The normalized spacial score (nSPS) is 11.2. The zero-order valence-electron chi connectivity index (χ0n) is 14.6. The highest BCUT2D eigenvalue weighted by molar-refractivity contribution is 7.85. The Kier molecular flexibility index (Phi) is 4.96. The first-order valence-corrected chi connectivity index (χ1v) is 9.75. The maximum atomic E-state index is 14.2. The molecule has 0 heterocycles. The molecular weight excluding hydrogens is 331 g/mol. The second kappa shape index (κ2) is 7.16. The first-order chi connectivity index (χ1) is 12.1. The van der Waals surface area contributed by atoms with E-state index in [-0.39, 0.29) is 0 Å². The van der Waals surface area contributed by atoms with Crippen LogP contribution >= 0.6 is 7.14 Å². The number of methoxy groups -OCH3 is 2. The first kappa shape index (κ1) is 17.3. The molecule has 0 atom stereocenters. The molecule has 0 aliphatic heterocycles. The van der Waals surface area contributed by atoms with Crippen molar-refractivity contribution in [2.24, 2.45) is 0 Å². The molecule has 0 radical (unpaired) electrons. The number of rotatable bonds is 5. The minimum absolute atomic E-state index is 0.744. The highest BCUT2D eigenvalue weighted by Gasteiger charge is 2.29. The van der Waals surface area contributed by atoms with Gasteiger partial charge in [-0.15, -0.1) is 0 Å². The van der Waals surface area contributed by atoms with Gasteiger partial charge in [-0.3, -0.25) is 0 Å². The lowest BCUT2D eigenvalue weighted by Gasteiger charge is -2.20. The van der Waals surface area contributed by atoms with Gasteiger partial charge in [0.1, 0.15) is 11.5 Å². The topological polar surface area (TPSA) is 35.5 Å². The Morgan fingerprint density at radius 1 is 0.600 bits per heavy atom. The van der Waals surface area contributed by atoms with Crippen LogP contribution in [-0.4, -0.2) is 14.2 Å². The smallest absolute Gasteiger partial charge is 0.171 e. The van der Waals surface area contributed by atoms with Gasteiger partial charge in [-0.1, -0.05) is 29.8 Å². The Bertz CT molecular complexity index is 830. The fourth-order valence-corrected chi connectivity index (χ4v) is 5.39. The lowest BCUT2D eigenvalue weighted by molar-refractivity contribution is 0.415. The van der Waals surface area contributed by atoms with Crippen molar-refractivity contribution >= 4 is 23.1 Å². The summed E-state index contributed by atoms with van der Waals surface area (Å²) in [5, 5.41) is 2.37. The summed E-state index contributed by atoms with van der Waals surface area (Å²) in [7, 11) is 0.278. The molecule has 0 aliphatic carbocycles. The largest absolute Gasteiger partial charge is 0.497 e. The third kappa shape index (κ3) is 3.33. The predicted octanol–water partition coefficient (Wildman–Crippen LogP) is 3.65. The van der Waals surface area contributed by atoms with Crippen molar-refractivity contribution in [3.63, 3.8) is 0 Å². The fourth-order valence-electron chi connectivity index (χ4n) is 2.79. The van der Waals surface area contributed by atoms with Gasteiger partial charge in [0.15, 0.2) is 7.14 Å². The molecule has 0 spiro atoms. The van der Waals surface area contributed by atoms with E-state index in [0.29, 0.717) is 0 Å². The number of benzene rings is 3. The molecule has 0 amide bonds. The Balaban J connectivity index is 2.18. The minimum Gasteiger partial charge on any atom is -0.497 e. The molecule has 0 fully saturated rings. The van der Waals surface area contributed by atoms with Crippen LogP contribution in [0.4, 0.5) is 0 Å². The van der Waals surface area contributed by atoms with Crippen LogP contribution < -0.4 is 25.4 Å². The van der Waals surface area contributed by atoms with Gasteiger partial charge < -0.3 is 14.0 Å². The van der Waals surface area contributed by atoms with E-state index in [1.807, 2.05) is 79.7 Å². The summed E-state index contributed by atoms with van der Waals surface area (Å²) >= 11 is 0. The van der Waals surface area contributed by atoms with Crippen LogP contribution in [0.25, 0.3) is 0 Å². The molecule has 25 heavy (non-hydrogen) atoms. The van der Waals surface area contributed by atoms with Crippen LogP contribution in [0.1, 0.15) is 5.56 Å². The summed E-state index contributed by atoms with van der Waals surface area (Å²) in [5.74, 6) is 1.49. The second-order valence-corrected chi connectivity index (χ2v) is 8.61. The third-order valence-corrected chi connectivity index (χ3v) is 7.35. The molecule has 3 nitrogen and oxygen atoms in total. The summed E-state index contributed by atoms with van der Waals surface area (Å²) in [5.41, 5.74) is 1.14. The summed E-state index contributed by atoms with van der Waals surface area (Å²) < 4.78 is 24.7. The van der Waals surface area contributed by atoms with E-state index in [4.69, 9.17) is 9.47 Å². The molecule has 3 aromatic carbocycles. The molecule has 0 saturated carbocycles. The van der Waals surface area contributed by atoms with Crippen molar-refractivity contribution in [2.75, 3.05) is 14.2 Å². The van der Waals surface area contributed by atoms with Gasteiger partial charge in [-0.25, -0.2) is 0 Å². The SMILES string of the molecule is COc1ccc(P(=O)(c2ccc(C)cc2)c2ccc(OC)cc2)cc1. The number of aryl methyl sites for hydroxylation is 1. The number of hydrogen-bond donors (Lipinski definition) is 0. The van der Waals surface area contributed by atoms with Crippen LogP contribution in [0.5, 0.6) is 11.5 Å². The average molecular weight is 352 g/mol. The summed E-state index contributed by atoms with van der Waals surface area (Å²) in [6, 6.07) is 22.8. The summed E-state index contributed by atoms with van der Waals surface area (Å²) in [6.07, 6.45) is 0. The Morgan fingerprint density at radius 3 is 1.24 bits per heavy atom. The fraction of sp³-hybridized carbons (Fsp3) is 0.143. The van der Waals surface area contributed by atoms with Crippen LogP contribution in [0.15, 0.2) is 72.8 Å². The molecule has 0 unspecified atom stereocenters. The van der Waals surface area contributed by atoms with Crippen LogP contribution in [-0.2, 0) is 4.57 Å². The van der Waals surface area contributed by atoms with Crippen molar-refractivity contribution in [1.82, 2.24) is 0 Å². The molecular formula is C21H21O3P. The summed E-state index contributed by atoms with van der Waals surface area (Å²) in [4.78, 5) is 0. The van der Waals surface area contributed by atoms with Gasteiger partial charge in [0.2, 0.25) is 0 Å². The maximum absolute atomic E-state index is 14.2. The second-order valence-electron chi connectivity index (χ2n) is 5.84. The average Bonchev–Trinajstić information content (AvgIpc) is 2.68. The van der Waals surface area contributed by atoms with Crippen LogP contribution in [0.3, 0.4) is 0 Å². The quantitative estimate of drug-likeness (QED) is 0.658. The van der Waals surface area contributed by atoms with Gasteiger partial charge in [0, 0.05) is 15.9 Å². The minimum atomic E-state index is -2.97. The van der Waals surface area contributed by atoms with Gasteiger partial charge in [0.05, 0.1) is 14.2 Å². The standard InChI is InChI=1S/C21H21O3P/c1-16-4-10-19(11-5-16)25(22,20-12-6-17(23-2)7-13-20)21-14-8-18(24-3)9-15-21/h4-15H,1-3H3. The molecule has 3 rings (SSSR count). The van der Waals surface area contributed by atoms with E-state index in [2.05, 4.69) is 0 Å². The highest BCUT2D eigenvalue weighted by Crippen LogP contribution is 2.42. The first-order valence-electron chi connectivity index (χ1n) is 8.04. The van der Waals surface area contributed by atoms with Gasteiger partial charge in [-0.05, 0) is 55.5 Å². The molecule has 0 N–H and O–H groups in total. The molecule has 128 valence electrons. The van der Waals surface area contributed by atoms with Crippen molar-refractivity contribution in [2.45, 2.75) is 6.92 Å². The zero-order valence-corrected chi connectivity index (χ0v) is 15.5. The van der Waals surface area contributed by atoms with Crippen LogP contribution in [0.2, 0.25) is 0 Å². The molecule has 0 aliphatic rings. The number of hydrogen-bond acceptors (Lipinski definition) is 3. The van der Waals surface area contributed by atoms with E-state index >= 15 is 0 Å². The summed E-state index contributed by atoms with van der Waals surface area (Å²) in [6.45, 7) is 2.02. The van der Waals surface area contributed by atoms with Gasteiger partial charge >= 0.3 is 0 Å². The van der Waals surface area contributed by atoms with Crippen molar-refractivity contribution in [3.8, 4) is 11.5 Å². The van der Waals surface area contributed by atoms with E-state index < -0.39 is 7.14 Å². The van der Waals surface area contributed by atoms with E-state index in [0.717, 1.165) is 33.0 Å². The Hall–Kier alpha value is -2.51. The molecule has 3 aromatic rings. The van der Waals surface area contributed by atoms with Crippen LogP contribution in [0, 0.1) is 6.92 Å². The van der Waals surface area contributed by atoms with Crippen molar-refractivity contribution in [1.29, 1.82) is 0 Å². The maximum Gasteiger partial charge on any atom is 0.171 e. The Morgan fingerprint density at radius 2 is 0.920 bits per heavy atom. The third-order valence-electron chi connectivity index (χ3n) is 4.27. The lowest BCUT2D eigenvalue weighted by atomic mass is 10.2. The molecule has 4 heteroatoms. The van der Waals surface area contributed by atoms with Crippen molar-refractivity contribution < 1.29 is 14.0 Å². The molecule has 0 bridgehead atoms. The van der Waals surface area contributed by atoms with E-state index in [1.54, 1.807) is 14.2 Å². The molecule has 0 aromatic heterocycles. The van der Waals surface area contributed by atoms with Gasteiger partial charge in [-0.2, -0.15) is 0 Å². The molecule has 0 saturated heterocycles. The highest BCUT2D eigenvalue weighted by atomic mass is 31.2.